The summed E-state index contributed by atoms with van der Waals surface area (Å²) >= 11 is 0. The molecule has 208 valence electrons. The Kier molecular flexibility index (Phi) is 8.29. The number of carbonyl (C=O) groups is 2. The van der Waals surface area contributed by atoms with Crippen LogP contribution in [0, 0.1) is 0 Å². The Morgan fingerprint density at radius 2 is 1.49 bits per heavy atom. The molecule has 8 nitrogen and oxygen atoms in total. The second kappa shape index (κ2) is 12.4. The Hall–Kier alpha value is -5.11. The van der Waals surface area contributed by atoms with E-state index in [1.54, 1.807) is 76.0 Å². The summed E-state index contributed by atoms with van der Waals surface area (Å²) in [6.07, 6.45) is 3.33. The van der Waals surface area contributed by atoms with Crippen LogP contribution in [0.3, 0.4) is 0 Å². The van der Waals surface area contributed by atoms with Crippen LogP contribution in [-0.2, 0) is 12.8 Å². The highest BCUT2D eigenvalue weighted by molar-refractivity contribution is 6.04. The zero-order valence-electron chi connectivity index (χ0n) is 23.2. The minimum Gasteiger partial charge on any atom is -0.497 e. The molecular weight excluding hydrogens is 518 g/mol. The highest BCUT2D eigenvalue weighted by Crippen LogP contribution is 2.32. The summed E-state index contributed by atoms with van der Waals surface area (Å²) in [4.78, 5) is 25.5. The van der Waals surface area contributed by atoms with Crippen molar-refractivity contribution in [1.82, 2.24) is 5.01 Å². The first-order valence-corrected chi connectivity index (χ1v) is 13.2. The number of ether oxygens (including phenoxy) is 3. The summed E-state index contributed by atoms with van der Waals surface area (Å²) in [6, 6.07) is 27.4. The molecule has 0 saturated carbocycles. The molecule has 0 radical (unpaired) electrons. The maximum atomic E-state index is 13.0. The molecule has 0 spiro atoms. The number of amides is 2. The van der Waals surface area contributed by atoms with Crippen LogP contribution in [0.25, 0.3) is 0 Å². The SMILES string of the molecule is COc1ccc(C(=O)Nc2ccc(C(=O)N(C)N=Cc3ccc(OC)c(OC4Cc5ccccc5C4)c3)cc2)cc1. The van der Waals surface area contributed by atoms with Crippen molar-refractivity contribution >= 4 is 23.7 Å². The van der Waals surface area contributed by atoms with Crippen LogP contribution in [0.2, 0.25) is 0 Å². The molecule has 0 heterocycles. The number of nitrogens with one attached hydrogen (secondary N) is 1. The van der Waals surface area contributed by atoms with E-state index in [-0.39, 0.29) is 17.9 Å². The molecule has 1 aliphatic carbocycles. The molecule has 41 heavy (non-hydrogen) atoms. The summed E-state index contributed by atoms with van der Waals surface area (Å²) in [5.41, 5.74) is 4.90. The molecule has 0 atom stereocenters. The van der Waals surface area contributed by atoms with Crippen LogP contribution in [0.1, 0.15) is 37.4 Å². The summed E-state index contributed by atoms with van der Waals surface area (Å²) in [5.74, 6) is 1.40. The standard InChI is InChI=1S/C33H31N3O5/c1-36(33(38)24-9-13-27(14-10-24)35-32(37)23-11-15-28(39-2)16-12-23)34-21-22-8-17-30(40-3)31(18-22)41-29-19-25-6-4-5-7-26(25)20-29/h4-18,21,29H,19-20H2,1-3H3,(H,35,37). The molecule has 5 rings (SSSR count). The fourth-order valence-electron chi connectivity index (χ4n) is 4.68. The third-order valence-electron chi connectivity index (χ3n) is 6.91. The molecule has 4 aromatic rings. The van der Waals surface area contributed by atoms with Gasteiger partial charge in [-0.1, -0.05) is 24.3 Å². The number of carbonyl (C=O) groups excluding carboxylic acids is 2. The Labute approximate surface area is 239 Å². The summed E-state index contributed by atoms with van der Waals surface area (Å²) in [7, 11) is 4.78. The van der Waals surface area contributed by atoms with Gasteiger partial charge in [-0.3, -0.25) is 9.59 Å². The third kappa shape index (κ3) is 6.55. The fourth-order valence-corrected chi connectivity index (χ4v) is 4.68. The van der Waals surface area contributed by atoms with Crippen LogP contribution in [0.5, 0.6) is 17.2 Å². The summed E-state index contributed by atoms with van der Waals surface area (Å²) < 4.78 is 17.0. The quantitative estimate of drug-likeness (QED) is 0.217. The Morgan fingerprint density at radius 1 is 0.829 bits per heavy atom. The molecule has 0 aromatic heterocycles. The molecule has 0 unspecified atom stereocenters. The van der Waals surface area contributed by atoms with Gasteiger partial charge in [-0.05, 0) is 83.4 Å². The van der Waals surface area contributed by atoms with Crippen LogP contribution >= 0.6 is 0 Å². The van der Waals surface area contributed by atoms with Gasteiger partial charge in [0.1, 0.15) is 11.9 Å². The van der Waals surface area contributed by atoms with Gasteiger partial charge < -0.3 is 19.5 Å². The number of benzene rings is 4. The molecule has 0 saturated heterocycles. The number of methoxy groups -OCH3 is 2. The predicted molar refractivity (Wildman–Crippen MR) is 158 cm³/mol. The van der Waals surface area contributed by atoms with Crippen molar-refractivity contribution in [1.29, 1.82) is 0 Å². The second-order valence-electron chi connectivity index (χ2n) is 9.66. The van der Waals surface area contributed by atoms with Crippen LogP contribution in [-0.4, -0.2) is 50.4 Å². The number of hydrazone groups is 1. The van der Waals surface area contributed by atoms with Crippen molar-refractivity contribution in [2.24, 2.45) is 5.10 Å². The molecule has 8 heteroatoms. The zero-order valence-corrected chi connectivity index (χ0v) is 23.2. The van der Waals surface area contributed by atoms with Gasteiger partial charge in [-0.2, -0.15) is 5.10 Å². The Bertz CT molecular complexity index is 1540. The lowest BCUT2D eigenvalue weighted by Gasteiger charge is -2.16. The zero-order chi connectivity index (χ0) is 28.8. The van der Waals surface area contributed by atoms with E-state index in [9.17, 15) is 9.59 Å². The van der Waals surface area contributed by atoms with Gasteiger partial charge in [-0.25, -0.2) is 5.01 Å². The number of nitrogens with zero attached hydrogens (tertiary/aromatic N) is 2. The lowest BCUT2D eigenvalue weighted by molar-refractivity contribution is 0.0800. The maximum absolute atomic E-state index is 13.0. The van der Waals surface area contributed by atoms with Crippen LogP contribution < -0.4 is 19.5 Å². The van der Waals surface area contributed by atoms with Gasteiger partial charge in [0.2, 0.25) is 0 Å². The largest absolute Gasteiger partial charge is 0.497 e. The molecule has 1 aliphatic rings. The number of fused-ring (bicyclic) bond motifs is 1. The fraction of sp³-hybridized carbons (Fsp3) is 0.182. The van der Waals surface area contributed by atoms with E-state index in [0.29, 0.717) is 34.1 Å². The van der Waals surface area contributed by atoms with E-state index in [4.69, 9.17) is 14.2 Å². The van der Waals surface area contributed by atoms with Crippen molar-refractivity contribution < 1.29 is 23.8 Å². The van der Waals surface area contributed by atoms with Gasteiger partial charge in [0.15, 0.2) is 11.5 Å². The molecule has 4 aromatic carbocycles. The lowest BCUT2D eigenvalue weighted by Crippen LogP contribution is -2.21. The smallest absolute Gasteiger partial charge is 0.273 e. The molecule has 0 aliphatic heterocycles. The van der Waals surface area contributed by atoms with Crippen molar-refractivity contribution in [3.05, 3.63) is 119 Å². The average molecular weight is 550 g/mol. The van der Waals surface area contributed by atoms with Crippen LogP contribution in [0.4, 0.5) is 5.69 Å². The first-order valence-electron chi connectivity index (χ1n) is 13.2. The number of hydrogen-bond donors (Lipinski definition) is 1. The van der Waals surface area contributed by atoms with E-state index >= 15 is 0 Å². The van der Waals surface area contributed by atoms with E-state index in [2.05, 4.69) is 22.6 Å². The maximum Gasteiger partial charge on any atom is 0.273 e. The molecular formula is C33H31N3O5. The minimum absolute atomic E-state index is 0.0294. The highest BCUT2D eigenvalue weighted by Gasteiger charge is 2.23. The molecule has 0 fully saturated rings. The summed E-state index contributed by atoms with van der Waals surface area (Å²) in [5, 5.41) is 8.43. The summed E-state index contributed by atoms with van der Waals surface area (Å²) in [6.45, 7) is 0. The topological polar surface area (TPSA) is 89.5 Å². The van der Waals surface area contributed by atoms with E-state index in [0.717, 1.165) is 18.4 Å². The Balaban J connectivity index is 1.20. The van der Waals surface area contributed by atoms with Crippen molar-refractivity contribution in [2.45, 2.75) is 18.9 Å². The third-order valence-corrected chi connectivity index (χ3v) is 6.91. The van der Waals surface area contributed by atoms with Crippen LogP contribution in [0.15, 0.2) is 96.1 Å². The molecule has 0 bridgehead atoms. The van der Waals surface area contributed by atoms with E-state index in [1.165, 1.54) is 16.1 Å². The number of anilines is 1. The predicted octanol–water partition coefficient (Wildman–Crippen LogP) is 5.61. The average Bonchev–Trinajstić information content (AvgIpc) is 3.42. The van der Waals surface area contributed by atoms with Gasteiger partial charge in [0.05, 0.1) is 20.4 Å². The molecule has 1 N–H and O–H groups in total. The number of rotatable bonds is 9. The van der Waals surface area contributed by atoms with E-state index < -0.39 is 0 Å². The first kappa shape index (κ1) is 27.5. The monoisotopic (exact) mass is 549 g/mol. The van der Waals surface area contributed by atoms with Crippen molar-refractivity contribution in [3.63, 3.8) is 0 Å². The minimum atomic E-state index is -0.289. The lowest BCUT2D eigenvalue weighted by atomic mass is 10.1. The van der Waals surface area contributed by atoms with Crippen molar-refractivity contribution in [2.75, 3.05) is 26.6 Å². The van der Waals surface area contributed by atoms with Crippen molar-refractivity contribution in [3.8, 4) is 17.2 Å². The van der Waals surface area contributed by atoms with Gasteiger partial charge >= 0.3 is 0 Å². The van der Waals surface area contributed by atoms with Gasteiger partial charge in [0, 0.05) is 36.7 Å². The van der Waals surface area contributed by atoms with Gasteiger partial charge in [-0.15, -0.1) is 0 Å². The highest BCUT2D eigenvalue weighted by atomic mass is 16.5. The second-order valence-corrected chi connectivity index (χ2v) is 9.66. The first-order chi connectivity index (χ1) is 19.9. The normalized spacial score (nSPS) is 12.6. The van der Waals surface area contributed by atoms with Gasteiger partial charge in [0.25, 0.3) is 11.8 Å². The van der Waals surface area contributed by atoms with E-state index in [1.807, 2.05) is 30.3 Å². The molecule has 2 amide bonds. The number of hydrogen-bond acceptors (Lipinski definition) is 6. The Morgan fingerprint density at radius 3 is 2.12 bits per heavy atom.